The van der Waals surface area contributed by atoms with Crippen LogP contribution in [0.5, 0.6) is 0 Å². The largest absolute Gasteiger partial charge is 0.491 e. The third kappa shape index (κ3) is 3.80. The minimum Gasteiger partial charge on any atom is -0.432 e. The maximum atomic E-state index is 13.4. The molecular formula is C22H23F3N6O4. The zero-order chi connectivity index (χ0) is 25.1. The van der Waals surface area contributed by atoms with Gasteiger partial charge >= 0.3 is 12.1 Å². The van der Waals surface area contributed by atoms with Crippen molar-refractivity contribution in [2.24, 2.45) is 17.6 Å². The summed E-state index contributed by atoms with van der Waals surface area (Å²) in [5, 5.41) is 9.52. The molecule has 0 radical (unpaired) electrons. The number of nitriles is 1. The molecule has 1 saturated carbocycles. The van der Waals surface area contributed by atoms with E-state index in [1.807, 2.05) is 6.07 Å². The molecule has 35 heavy (non-hydrogen) atoms. The molecule has 1 aromatic rings. The van der Waals surface area contributed by atoms with Crippen LogP contribution in [-0.4, -0.2) is 73.6 Å². The van der Waals surface area contributed by atoms with Gasteiger partial charge in [0.2, 0.25) is 5.91 Å². The van der Waals surface area contributed by atoms with Crippen LogP contribution in [0.1, 0.15) is 49.0 Å². The van der Waals surface area contributed by atoms with Gasteiger partial charge in [0, 0.05) is 36.8 Å². The molecule has 10 nitrogen and oxygen atoms in total. The predicted molar refractivity (Wildman–Crippen MR) is 110 cm³/mol. The van der Waals surface area contributed by atoms with Gasteiger partial charge in [0.1, 0.15) is 11.7 Å². The molecule has 0 spiro atoms. The highest BCUT2D eigenvalue weighted by molar-refractivity contribution is 5.93. The SMILES string of the molecule is N#C[C@H]1C[C@H]2C[C@]2(OC(=O)C(F)(F)F)N1C(=O)[C@H](N)C1CC2CCC(C1)N2C(=O)c1cnccn1. The summed E-state index contributed by atoms with van der Waals surface area (Å²) >= 11 is 0. The third-order valence-corrected chi connectivity index (χ3v) is 7.71. The highest BCUT2D eigenvalue weighted by Gasteiger charge is 2.72. The first kappa shape index (κ1) is 23.5. The fraction of sp³-hybridized carbons (Fsp3) is 0.636. The van der Waals surface area contributed by atoms with Gasteiger partial charge in [0.05, 0.1) is 18.3 Å². The molecule has 2 amide bonds. The van der Waals surface area contributed by atoms with E-state index in [2.05, 4.69) is 9.97 Å². The molecular weight excluding hydrogens is 469 g/mol. The molecule has 2 N–H and O–H groups in total. The number of ether oxygens (including phenoxy) is 1. The van der Waals surface area contributed by atoms with Crippen molar-refractivity contribution in [2.45, 2.75) is 74.6 Å². The summed E-state index contributed by atoms with van der Waals surface area (Å²) in [4.78, 5) is 48.7. The van der Waals surface area contributed by atoms with Crippen molar-refractivity contribution in [3.8, 4) is 6.07 Å². The monoisotopic (exact) mass is 492 g/mol. The first-order valence-electron chi connectivity index (χ1n) is 11.4. The summed E-state index contributed by atoms with van der Waals surface area (Å²) < 4.78 is 43.3. The zero-order valence-corrected chi connectivity index (χ0v) is 18.5. The topological polar surface area (TPSA) is 143 Å². The Labute approximate surface area is 198 Å². The molecule has 4 fully saturated rings. The first-order chi connectivity index (χ1) is 16.6. The number of halogens is 3. The summed E-state index contributed by atoms with van der Waals surface area (Å²) in [5.74, 6) is -4.22. The van der Waals surface area contributed by atoms with E-state index >= 15 is 0 Å². The van der Waals surface area contributed by atoms with Gasteiger partial charge in [0.15, 0.2) is 5.72 Å². The van der Waals surface area contributed by atoms with Crippen molar-refractivity contribution in [1.82, 2.24) is 19.8 Å². The molecule has 5 rings (SSSR count). The number of alkyl halides is 3. The maximum absolute atomic E-state index is 13.4. The zero-order valence-electron chi connectivity index (χ0n) is 18.5. The van der Waals surface area contributed by atoms with Gasteiger partial charge in [-0.1, -0.05) is 0 Å². The lowest BCUT2D eigenvalue weighted by atomic mass is 9.84. The molecule has 6 atom stereocenters. The summed E-state index contributed by atoms with van der Waals surface area (Å²) in [6, 6.07) is -0.528. The molecule has 2 bridgehead atoms. The van der Waals surface area contributed by atoms with Crippen LogP contribution in [0, 0.1) is 23.2 Å². The number of aromatic nitrogens is 2. The summed E-state index contributed by atoms with van der Waals surface area (Å²) in [6.07, 6.45) is 1.57. The number of hydrogen-bond donors (Lipinski definition) is 1. The molecule has 186 valence electrons. The fourth-order valence-corrected chi connectivity index (χ4v) is 6.09. The molecule has 4 aliphatic rings. The maximum Gasteiger partial charge on any atom is 0.491 e. The standard InChI is InChI=1S/C22H23F3N6O4/c23-22(24,25)20(34)35-21-8-12(21)7-15(9-26)31(21)19(33)17(27)11-5-13-1-2-14(6-11)30(13)18(32)16-10-28-3-4-29-16/h3-4,10-15,17H,1-2,5-8,27H2/t11?,12-,13?,14?,15+,17+,21+/m0/s1. The van der Waals surface area contributed by atoms with Crippen LogP contribution in [0.2, 0.25) is 0 Å². The molecule has 0 aromatic carbocycles. The molecule has 13 heteroatoms. The van der Waals surface area contributed by atoms with E-state index in [9.17, 15) is 32.8 Å². The van der Waals surface area contributed by atoms with Gasteiger partial charge in [-0.3, -0.25) is 19.5 Å². The van der Waals surface area contributed by atoms with E-state index in [4.69, 9.17) is 10.5 Å². The van der Waals surface area contributed by atoms with Crippen LogP contribution in [0.4, 0.5) is 13.2 Å². The molecule has 4 heterocycles. The Hall–Kier alpha value is -3.27. The number of piperidine rings is 2. The van der Waals surface area contributed by atoms with Crippen LogP contribution < -0.4 is 5.73 Å². The second-order valence-electron chi connectivity index (χ2n) is 9.67. The Morgan fingerprint density at radius 2 is 1.89 bits per heavy atom. The number of likely N-dealkylation sites (tertiary alicyclic amines) is 1. The van der Waals surface area contributed by atoms with Gasteiger partial charge in [-0.05, 0) is 38.0 Å². The highest BCUT2D eigenvalue weighted by atomic mass is 19.4. The Morgan fingerprint density at radius 1 is 1.20 bits per heavy atom. The van der Waals surface area contributed by atoms with Crippen molar-refractivity contribution in [2.75, 3.05) is 0 Å². The predicted octanol–water partition coefficient (Wildman–Crippen LogP) is 1.13. The minimum absolute atomic E-state index is 0.0434. The lowest BCUT2D eigenvalue weighted by Gasteiger charge is -2.42. The summed E-state index contributed by atoms with van der Waals surface area (Å²) in [6.45, 7) is 0. The average Bonchev–Trinajstić information content (AvgIpc) is 3.33. The number of rotatable bonds is 4. The number of nitrogens with zero attached hydrogens (tertiary/aromatic N) is 5. The Balaban J connectivity index is 1.31. The summed E-state index contributed by atoms with van der Waals surface area (Å²) in [5.41, 5.74) is 4.79. The molecule has 2 unspecified atom stereocenters. The Morgan fingerprint density at radius 3 is 2.46 bits per heavy atom. The van der Waals surface area contributed by atoms with E-state index in [1.165, 1.54) is 18.6 Å². The van der Waals surface area contributed by atoms with Crippen LogP contribution in [0.25, 0.3) is 0 Å². The van der Waals surface area contributed by atoms with Crippen molar-refractivity contribution in [3.05, 3.63) is 24.3 Å². The molecule has 3 aliphatic heterocycles. The van der Waals surface area contributed by atoms with E-state index in [0.29, 0.717) is 12.8 Å². The Bertz CT molecular complexity index is 1080. The number of carbonyl (C=O) groups excluding carboxylic acids is 3. The van der Waals surface area contributed by atoms with Crippen LogP contribution >= 0.6 is 0 Å². The van der Waals surface area contributed by atoms with Crippen LogP contribution in [-0.2, 0) is 14.3 Å². The average molecular weight is 492 g/mol. The van der Waals surface area contributed by atoms with E-state index in [-0.39, 0.29) is 42.4 Å². The van der Waals surface area contributed by atoms with Crippen LogP contribution in [0.3, 0.4) is 0 Å². The molecule has 1 aromatic heterocycles. The van der Waals surface area contributed by atoms with Gasteiger partial charge in [-0.15, -0.1) is 0 Å². The minimum atomic E-state index is -5.22. The van der Waals surface area contributed by atoms with Crippen molar-refractivity contribution in [3.63, 3.8) is 0 Å². The second-order valence-corrected chi connectivity index (χ2v) is 9.67. The quantitative estimate of drug-likeness (QED) is 0.617. The first-order valence-corrected chi connectivity index (χ1v) is 11.4. The van der Waals surface area contributed by atoms with Gasteiger partial charge in [0.25, 0.3) is 5.91 Å². The van der Waals surface area contributed by atoms with E-state index in [0.717, 1.165) is 17.7 Å². The number of hydrogen-bond acceptors (Lipinski definition) is 8. The summed E-state index contributed by atoms with van der Waals surface area (Å²) in [7, 11) is 0. The van der Waals surface area contributed by atoms with Crippen LogP contribution in [0.15, 0.2) is 18.6 Å². The van der Waals surface area contributed by atoms with E-state index in [1.54, 1.807) is 4.90 Å². The smallest absolute Gasteiger partial charge is 0.432 e. The molecule has 3 saturated heterocycles. The normalized spacial score (nSPS) is 34.1. The molecule has 1 aliphatic carbocycles. The fourth-order valence-electron chi connectivity index (χ4n) is 6.09. The van der Waals surface area contributed by atoms with Crippen molar-refractivity contribution >= 4 is 17.8 Å². The lowest BCUT2D eigenvalue weighted by molar-refractivity contribution is -0.217. The van der Waals surface area contributed by atoms with Gasteiger partial charge in [-0.2, -0.15) is 18.4 Å². The Kier molecular flexibility index (Phi) is 5.47. The van der Waals surface area contributed by atoms with Gasteiger partial charge in [-0.25, -0.2) is 9.78 Å². The number of amides is 2. The number of esters is 1. The van der Waals surface area contributed by atoms with Crippen molar-refractivity contribution in [1.29, 1.82) is 5.26 Å². The number of fused-ring (bicyclic) bond motifs is 3. The third-order valence-electron chi connectivity index (χ3n) is 7.71. The second kappa shape index (κ2) is 8.15. The van der Waals surface area contributed by atoms with Crippen molar-refractivity contribution < 1.29 is 32.3 Å². The lowest BCUT2D eigenvalue weighted by Crippen LogP contribution is -2.58. The number of nitrogens with two attached hydrogens (primary N) is 1. The number of carbonyl (C=O) groups is 3. The highest BCUT2D eigenvalue weighted by Crippen LogP contribution is 2.59. The van der Waals surface area contributed by atoms with E-state index < -0.39 is 41.8 Å². The van der Waals surface area contributed by atoms with Gasteiger partial charge < -0.3 is 15.4 Å².